The molecule has 0 N–H and O–H groups in total. The minimum atomic E-state index is 0.917. The standard InChI is InChI=1S/C5H6NO/c1-4-3-7-6-5(4)2/h1-2H3. The van der Waals surface area contributed by atoms with Crippen molar-refractivity contribution in [3.8, 4) is 0 Å². The molecule has 0 unspecified atom stereocenters. The lowest BCUT2D eigenvalue weighted by Crippen LogP contribution is -1.69. The van der Waals surface area contributed by atoms with Crippen molar-refractivity contribution in [1.29, 1.82) is 0 Å². The van der Waals surface area contributed by atoms with Gasteiger partial charge in [-0.3, -0.25) is 0 Å². The van der Waals surface area contributed by atoms with Gasteiger partial charge in [-0.15, -0.1) is 0 Å². The van der Waals surface area contributed by atoms with E-state index >= 15 is 0 Å². The molecule has 0 fully saturated rings. The van der Waals surface area contributed by atoms with Crippen LogP contribution in [0.1, 0.15) is 11.3 Å². The van der Waals surface area contributed by atoms with Gasteiger partial charge in [0.1, 0.15) is 0 Å². The smallest absolute Gasteiger partial charge is 0.208 e. The van der Waals surface area contributed by atoms with Crippen LogP contribution in [0, 0.1) is 20.1 Å². The predicted molar refractivity (Wildman–Crippen MR) is 24.8 cm³/mol. The molecule has 0 saturated carbocycles. The average molecular weight is 96.1 g/mol. The Morgan fingerprint density at radius 3 is 2.43 bits per heavy atom. The molecule has 0 saturated heterocycles. The number of hydrogen-bond donors (Lipinski definition) is 0. The van der Waals surface area contributed by atoms with Crippen molar-refractivity contribution >= 4 is 0 Å². The molecule has 0 aliphatic heterocycles. The molecule has 1 aromatic heterocycles. The fourth-order valence-electron chi connectivity index (χ4n) is 0.302. The van der Waals surface area contributed by atoms with E-state index in [1.807, 2.05) is 13.8 Å². The molecule has 0 atom stereocenters. The predicted octanol–water partition coefficient (Wildman–Crippen LogP) is 1.09. The zero-order chi connectivity index (χ0) is 5.28. The summed E-state index contributed by atoms with van der Waals surface area (Å²) in [6.07, 6.45) is 2.58. The minimum absolute atomic E-state index is 0.917. The normalized spacial score (nSPS) is 9.43. The molecule has 7 heavy (non-hydrogen) atoms. The highest BCUT2D eigenvalue weighted by Crippen LogP contribution is 1.98. The van der Waals surface area contributed by atoms with Crippen LogP contribution in [0.4, 0.5) is 0 Å². The van der Waals surface area contributed by atoms with Crippen LogP contribution in [0.15, 0.2) is 4.52 Å². The molecule has 2 nitrogen and oxygen atoms in total. The minimum Gasteiger partial charge on any atom is -0.352 e. The van der Waals surface area contributed by atoms with Crippen molar-refractivity contribution < 1.29 is 4.52 Å². The van der Waals surface area contributed by atoms with Gasteiger partial charge in [0.15, 0.2) is 0 Å². The van der Waals surface area contributed by atoms with E-state index in [2.05, 4.69) is 15.9 Å². The lowest BCUT2D eigenvalue weighted by atomic mass is 10.3. The summed E-state index contributed by atoms with van der Waals surface area (Å²) < 4.78 is 4.47. The second-order valence-electron chi connectivity index (χ2n) is 1.50. The second-order valence-corrected chi connectivity index (χ2v) is 1.50. The van der Waals surface area contributed by atoms with E-state index in [1.54, 1.807) is 0 Å². The van der Waals surface area contributed by atoms with Gasteiger partial charge in [-0.1, -0.05) is 5.16 Å². The first-order chi connectivity index (χ1) is 3.30. The molecular weight excluding hydrogens is 90.1 g/mol. The van der Waals surface area contributed by atoms with Crippen molar-refractivity contribution in [2.24, 2.45) is 0 Å². The molecule has 0 aromatic carbocycles. The maximum atomic E-state index is 4.47. The molecule has 37 valence electrons. The first-order valence-electron chi connectivity index (χ1n) is 2.11. The Morgan fingerprint density at radius 2 is 2.29 bits per heavy atom. The van der Waals surface area contributed by atoms with E-state index in [0.29, 0.717) is 0 Å². The number of hydrogen-bond acceptors (Lipinski definition) is 2. The number of rotatable bonds is 0. The quantitative estimate of drug-likeness (QED) is 0.483. The van der Waals surface area contributed by atoms with Gasteiger partial charge in [0.05, 0.1) is 5.69 Å². The highest BCUT2D eigenvalue weighted by molar-refractivity contribution is 5.07. The Kier molecular flexibility index (Phi) is 0.855. The average Bonchev–Trinajstić information content (AvgIpc) is 1.91. The molecular formula is C5H6NO. The summed E-state index contributed by atoms with van der Waals surface area (Å²) in [6.45, 7) is 3.79. The molecule has 1 aromatic rings. The largest absolute Gasteiger partial charge is 0.352 e. The summed E-state index contributed by atoms with van der Waals surface area (Å²) in [5.41, 5.74) is 1.90. The van der Waals surface area contributed by atoms with Crippen LogP contribution in [-0.4, -0.2) is 5.16 Å². The third-order valence-electron chi connectivity index (χ3n) is 0.924. The van der Waals surface area contributed by atoms with Crippen LogP contribution >= 0.6 is 0 Å². The van der Waals surface area contributed by atoms with Crippen molar-refractivity contribution in [3.63, 3.8) is 0 Å². The van der Waals surface area contributed by atoms with Crippen molar-refractivity contribution in [3.05, 3.63) is 17.5 Å². The van der Waals surface area contributed by atoms with Gasteiger partial charge in [0, 0.05) is 5.56 Å². The maximum absolute atomic E-state index is 4.47. The van der Waals surface area contributed by atoms with E-state index in [9.17, 15) is 0 Å². The van der Waals surface area contributed by atoms with E-state index in [4.69, 9.17) is 0 Å². The van der Waals surface area contributed by atoms with Crippen LogP contribution in [0.5, 0.6) is 0 Å². The Hall–Kier alpha value is -0.790. The Bertz CT molecular complexity index is 140. The topological polar surface area (TPSA) is 26.0 Å². The van der Waals surface area contributed by atoms with Gasteiger partial charge in [-0.2, -0.15) is 0 Å². The fraction of sp³-hybridized carbons (Fsp3) is 0.400. The van der Waals surface area contributed by atoms with E-state index in [-0.39, 0.29) is 0 Å². The van der Waals surface area contributed by atoms with Gasteiger partial charge in [0.2, 0.25) is 6.26 Å². The van der Waals surface area contributed by atoms with Crippen molar-refractivity contribution in [2.75, 3.05) is 0 Å². The Morgan fingerprint density at radius 1 is 1.57 bits per heavy atom. The van der Waals surface area contributed by atoms with Crippen LogP contribution in [0.25, 0.3) is 0 Å². The fourth-order valence-corrected chi connectivity index (χ4v) is 0.302. The molecule has 0 aliphatic rings. The lowest BCUT2D eigenvalue weighted by Gasteiger charge is -1.73. The number of nitrogens with zero attached hydrogens (tertiary/aromatic N) is 1. The van der Waals surface area contributed by atoms with E-state index in [0.717, 1.165) is 11.3 Å². The third-order valence-corrected chi connectivity index (χ3v) is 0.924. The molecule has 1 radical (unpaired) electrons. The van der Waals surface area contributed by atoms with E-state index in [1.165, 1.54) is 0 Å². The van der Waals surface area contributed by atoms with Gasteiger partial charge in [-0.25, -0.2) is 0 Å². The summed E-state index contributed by atoms with van der Waals surface area (Å²) in [7, 11) is 0. The molecule has 0 spiro atoms. The highest BCUT2D eigenvalue weighted by Gasteiger charge is 1.92. The molecule has 1 rings (SSSR count). The maximum Gasteiger partial charge on any atom is 0.208 e. The van der Waals surface area contributed by atoms with Gasteiger partial charge < -0.3 is 4.52 Å². The zero-order valence-corrected chi connectivity index (χ0v) is 4.36. The van der Waals surface area contributed by atoms with Crippen LogP contribution < -0.4 is 0 Å². The monoisotopic (exact) mass is 96.0 g/mol. The lowest BCUT2D eigenvalue weighted by molar-refractivity contribution is 0.408. The number of aromatic nitrogens is 1. The molecule has 0 amide bonds. The Balaban J connectivity index is 3.12. The van der Waals surface area contributed by atoms with Crippen molar-refractivity contribution in [1.82, 2.24) is 5.16 Å². The van der Waals surface area contributed by atoms with Crippen LogP contribution in [-0.2, 0) is 0 Å². The summed E-state index contributed by atoms with van der Waals surface area (Å²) in [5, 5.41) is 3.59. The summed E-state index contributed by atoms with van der Waals surface area (Å²) in [4.78, 5) is 0. The van der Waals surface area contributed by atoms with Gasteiger partial charge in [0.25, 0.3) is 0 Å². The molecule has 0 bridgehead atoms. The molecule has 0 aliphatic carbocycles. The number of aryl methyl sites for hydroxylation is 2. The first-order valence-corrected chi connectivity index (χ1v) is 2.11. The third kappa shape index (κ3) is 0.633. The Labute approximate surface area is 42.1 Å². The van der Waals surface area contributed by atoms with Crippen LogP contribution in [0.3, 0.4) is 0 Å². The first kappa shape index (κ1) is 4.37. The second kappa shape index (κ2) is 1.37. The molecule has 1 heterocycles. The summed E-state index contributed by atoms with van der Waals surface area (Å²) in [6, 6.07) is 0. The summed E-state index contributed by atoms with van der Waals surface area (Å²) >= 11 is 0. The molecule has 2 heteroatoms. The van der Waals surface area contributed by atoms with Gasteiger partial charge >= 0.3 is 0 Å². The van der Waals surface area contributed by atoms with E-state index < -0.39 is 0 Å². The highest BCUT2D eigenvalue weighted by atomic mass is 16.5. The van der Waals surface area contributed by atoms with Crippen molar-refractivity contribution in [2.45, 2.75) is 13.8 Å². The summed E-state index contributed by atoms with van der Waals surface area (Å²) in [5.74, 6) is 0. The SMILES string of the molecule is Cc1[c]onc1C. The zero-order valence-electron chi connectivity index (χ0n) is 4.36. The van der Waals surface area contributed by atoms with Gasteiger partial charge in [-0.05, 0) is 13.8 Å². The van der Waals surface area contributed by atoms with Crippen LogP contribution in [0.2, 0.25) is 0 Å².